The molecule has 0 spiro atoms. The predicted octanol–water partition coefficient (Wildman–Crippen LogP) is 3.89. The quantitative estimate of drug-likeness (QED) is 0.638. The van der Waals surface area contributed by atoms with Gasteiger partial charge in [0.2, 0.25) is 5.90 Å². The van der Waals surface area contributed by atoms with Crippen molar-refractivity contribution in [1.29, 1.82) is 0 Å². The molecule has 2 aromatic rings. The zero-order chi connectivity index (χ0) is 16.0. The summed E-state index contributed by atoms with van der Waals surface area (Å²) < 4.78 is 24.5. The summed E-state index contributed by atoms with van der Waals surface area (Å²) >= 11 is 0. The molecule has 2 atom stereocenters. The molecule has 1 fully saturated rings. The third-order valence-electron chi connectivity index (χ3n) is 4.13. The first-order valence-corrected chi connectivity index (χ1v) is 7.49. The van der Waals surface area contributed by atoms with Gasteiger partial charge in [-0.05, 0) is 36.6 Å². The zero-order valence-corrected chi connectivity index (χ0v) is 12.5. The maximum Gasteiger partial charge on any atom is 0.363 e. The second kappa shape index (κ2) is 5.19. The van der Waals surface area contributed by atoms with Crippen molar-refractivity contribution in [3.8, 4) is 0 Å². The second-order valence-electron chi connectivity index (χ2n) is 5.88. The number of esters is 1. The Morgan fingerprint density at radius 3 is 2.78 bits per heavy atom. The molecule has 4 nitrogen and oxygen atoms in total. The number of carbonyl (C=O) groups is 1. The number of cyclic esters (lactones) is 1. The number of nitrogens with zero attached hydrogens (tertiary/aromatic N) is 1. The number of rotatable bonds is 3. The Morgan fingerprint density at radius 2 is 2.04 bits per heavy atom. The largest absolute Gasteiger partial charge is 0.461 e. The predicted molar refractivity (Wildman–Crippen MR) is 82.2 cm³/mol. The van der Waals surface area contributed by atoms with Crippen molar-refractivity contribution in [1.82, 2.24) is 0 Å². The maximum atomic E-state index is 13.7. The number of benzene rings is 1. The van der Waals surface area contributed by atoms with Crippen LogP contribution in [0.5, 0.6) is 0 Å². The number of ether oxygens (including phenoxy) is 1. The topological polar surface area (TPSA) is 51.8 Å². The second-order valence-corrected chi connectivity index (χ2v) is 5.88. The molecular formula is C18H14FNO3. The van der Waals surface area contributed by atoms with Gasteiger partial charge in [0.25, 0.3) is 0 Å². The van der Waals surface area contributed by atoms with E-state index in [9.17, 15) is 9.18 Å². The fourth-order valence-corrected chi connectivity index (χ4v) is 2.66. The summed E-state index contributed by atoms with van der Waals surface area (Å²) in [6.45, 7) is 2.17. The highest BCUT2D eigenvalue weighted by Crippen LogP contribution is 2.47. The number of carbonyl (C=O) groups excluding carboxylic acids is 1. The first kappa shape index (κ1) is 13.9. The molecule has 1 saturated carbocycles. The summed E-state index contributed by atoms with van der Waals surface area (Å²) in [5.74, 6) is 1.46. The van der Waals surface area contributed by atoms with Gasteiger partial charge >= 0.3 is 5.97 Å². The standard InChI is InChI=1S/C18H14FNO3/c1-10-8-13(10)16-7-6-11(22-16)9-15-18(21)23-17(20-15)12-4-2-3-5-14(12)19/h2-7,9-10,13H,8H2,1H3/b15-9-/t10-,13+/m1/s1. The molecule has 1 aromatic heterocycles. The van der Waals surface area contributed by atoms with Crippen molar-refractivity contribution >= 4 is 17.9 Å². The summed E-state index contributed by atoms with van der Waals surface area (Å²) in [5.41, 5.74) is 0.268. The van der Waals surface area contributed by atoms with Crippen LogP contribution in [0, 0.1) is 11.7 Å². The maximum absolute atomic E-state index is 13.7. The number of furan rings is 1. The monoisotopic (exact) mass is 311 g/mol. The van der Waals surface area contributed by atoms with Crippen molar-refractivity contribution in [2.75, 3.05) is 0 Å². The molecule has 0 amide bonds. The van der Waals surface area contributed by atoms with E-state index in [1.165, 1.54) is 18.2 Å². The normalized spacial score (nSPS) is 24.7. The fourth-order valence-electron chi connectivity index (χ4n) is 2.66. The minimum Gasteiger partial charge on any atom is -0.461 e. The number of halogens is 1. The lowest BCUT2D eigenvalue weighted by Gasteiger charge is -1.99. The SMILES string of the molecule is C[C@@H]1C[C@@H]1c1ccc(/C=C2\N=C(c3ccccc3F)OC2=O)o1. The fraction of sp³-hybridized carbons (Fsp3) is 0.222. The Hall–Kier alpha value is -2.69. The van der Waals surface area contributed by atoms with Crippen LogP contribution in [0.2, 0.25) is 0 Å². The average Bonchev–Trinajstić information content (AvgIpc) is 2.94. The minimum absolute atomic E-state index is 0.0260. The first-order chi connectivity index (χ1) is 11.1. The lowest BCUT2D eigenvalue weighted by molar-refractivity contribution is -0.129. The van der Waals surface area contributed by atoms with Crippen molar-refractivity contribution in [2.45, 2.75) is 19.3 Å². The van der Waals surface area contributed by atoms with Crippen LogP contribution >= 0.6 is 0 Å². The van der Waals surface area contributed by atoms with Crippen molar-refractivity contribution < 1.29 is 18.3 Å². The van der Waals surface area contributed by atoms with Crippen molar-refractivity contribution in [3.63, 3.8) is 0 Å². The Kier molecular flexibility index (Phi) is 3.15. The van der Waals surface area contributed by atoms with E-state index >= 15 is 0 Å². The van der Waals surface area contributed by atoms with Gasteiger partial charge in [-0.25, -0.2) is 14.2 Å². The Balaban J connectivity index is 1.62. The molecule has 0 N–H and O–H groups in total. The van der Waals surface area contributed by atoms with Crippen LogP contribution in [0.3, 0.4) is 0 Å². The van der Waals surface area contributed by atoms with Crippen LogP contribution in [-0.2, 0) is 9.53 Å². The molecule has 0 bridgehead atoms. The van der Waals surface area contributed by atoms with Crippen LogP contribution in [-0.4, -0.2) is 11.9 Å². The average molecular weight is 311 g/mol. The van der Waals surface area contributed by atoms with Crippen LogP contribution in [0.4, 0.5) is 4.39 Å². The lowest BCUT2D eigenvalue weighted by atomic mass is 10.2. The smallest absolute Gasteiger partial charge is 0.363 e. The third-order valence-corrected chi connectivity index (χ3v) is 4.13. The molecule has 0 unspecified atom stereocenters. The van der Waals surface area contributed by atoms with Crippen molar-refractivity contribution in [2.24, 2.45) is 10.9 Å². The van der Waals surface area contributed by atoms with E-state index in [1.807, 2.05) is 6.07 Å². The van der Waals surface area contributed by atoms with Gasteiger partial charge in [-0.1, -0.05) is 19.1 Å². The van der Waals surface area contributed by atoms with Crippen LogP contribution in [0.25, 0.3) is 6.08 Å². The highest BCUT2D eigenvalue weighted by atomic mass is 19.1. The number of hydrogen-bond acceptors (Lipinski definition) is 4. The molecule has 116 valence electrons. The molecule has 1 aliphatic carbocycles. The summed E-state index contributed by atoms with van der Waals surface area (Å²) in [6, 6.07) is 9.76. The highest BCUT2D eigenvalue weighted by molar-refractivity contribution is 6.12. The van der Waals surface area contributed by atoms with Crippen molar-refractivity contribution in [3.05, 3.63) is 65.0 Å². The van der Waals surface area contributed by atoms with Gasteiger partial charge in [0.15, 0.2) is 5.70 Å². The van der Waals surface area contributed by atoms with E-state index in [4.69, 9.17) is 9.15 Å². The molecule has 4 rings (SSSR count). The zero-order valence-electron chi connectivity index (χ0n) is 12.5. The van der Waals surface area contributed by atoms with Gasteiger partial charge in [0.1, 0.15) is 17.3 Å². The Bertz CT molecular complexity index is 849. The highest BCUT2D eigenvalue weighted by Gasteiger charge is 2.36. The molecule has 0 radical (unpaired) electrons. The van der Waals surface area contributed by atoms with E-state index in [2.05, 4.69) is 11.9 Å². The Morgan fingerprint density at radius 1 is 1.26 bits per heavy atom. The van der Waals surface area contributed by atoms with Gasteiger partial charge in [-0.15, -0.1) is 0 Å². The minimum atomic E-state index is -0.610. The third kappa shape index (κ3) is 2.59. The summed E-state index contributed by atoms with van der Waals surface area (Å²) in [5, 5.41) is 0. The van der Waals surface area contributed by atoms with Gasteiger partial charge in [0, 0.05) is 12.0 Å². The molecule has 2 aliphatic rings. The van der Waals surface area contributed by atoms with Crippen LogP contribution in [0.15, 0.2) is 51.5 Å². The summed E-state index contributed by atoms with van der Waals surface area (Å²) in [7, 11) is 0. The van der Waals surface area contributed by atoms with E-state index in [-0.39, 0.29) is 17.2 Å². The summed E-state index contributed by atoms with van der Waals surface area (Å²) in [6.07, 6.45) is 2.65. The van der Waals surface area contributed by atoms with Gasteiger partial charge in [-0.3, -0.25) is 0 Å². The van der Waals surface area contributed by atoms with E-state index in [1.54, 1.807) is 18.2 Å². The molecular weight excluding hydrogens is 297 g/mol. The summed E-state index contributed by atoms with van der Waals surface area (Å²) in [4.78, 5) is 16.0. The van der Waals surface area contributed by atoms with E-state index in [0.29, 0.717) is 17.6 Å². The van der Waals surface area contributed by atoms with Crippen LogP contribution < -0.4 is 0 Å². The molecule has 0 saturated heterocycles. The first-order valence-electron chi connectivity index (χ1n) is 7.49. The molecule has 1 aromatic carbocycles. The number of aliphatic imine (C=N–C) groups is 1. The molecule has 5 heteroatoms. The molecule has 1 aliphatic heterocycles. The van der Waals surface area contributed by atoms with E-state index < -0.39 is 11.8 Å². The van der Waals surface area contributed by atoms with Crippen LogP contribution in [0.1, 0.15) is 36.3 Å². The van der Waals surface area contributed by atoms with Gasteiger partial charge in [0.05, 0.1) is 5.56 Å². The molecule has 2 heterocycles. The lowest BCUT2D eigenvalue weighted by Crippen LogP contribution is -2.07. The van der Waals surface area contributed by atoms with Gasteiger partial charge in [-0.2, -0.15) is 0 Å². The molecule has 23 heavy (non-hydrogen) atoms. The van der Waals surface area contributed by atoms with Gasteiger partial charge < -0.3 is 9.15 Å². The van der Waals surface area contributed by atoms with E-state index in [0.717, 1.165) is 12.2 Å². The Labute approximate surface area is 132 Å². The number of hydrogen-bond donors (Lipinski definition) is 0.